The Labute approximate surface area is 288 Å². The minimum atomic E-state index is -1.91. The third-order valence-electron chi connectivity index (χ3n) is 10.0. The number of rotatable bonds is 18. The molecular weight excluding hydrogens is 632 g/mol. The molecule has 1 unspecified atom stereocenters. The Morgan fingerprint density at radius 3 is 2.50 bits per heavy atom. The Morgan fingerprint density at radius 2 is 1.79 bits per heavy atom. The summed E-state index contributed by atoms with van der Waals surface area (Å²) < 4.78 is 6.28. The van der Waals surface area contributed by atoms with Gasteiger partial charge in [0.1, 0.15) is 24.1 Å². The summed E-state index contributed by atoms with van der Waals surface area (Å²) in [5, 5.41) is 49.2. The van der Waals surface area contributed by atoms with Crippen LogP contribution in [0.4, 0.5) is 0 Å². The van der Waals surface area contributed by atoms with Gasteiger partial charge >= 0.3 is 0 Å². The third-order valence-corrected chi connectivity index (χ3v) is 10.4. The molecule has 2 fully saturated rings. The van der Waals surface area contributed by atoms with Crippen LogP contribution in [0.5, 0.6) is 5.75 Å². The number of aliphatic hydroxyl groups is 5. The summed E-state index contributed by atoms with van der Waals surface area (Å²) in [7, 11) is 1.52. The molecule has 1 amide bonds. The average Bonchev–Trinajstić information content (AvgIpc) is 4.05. The molecule has 2 aliphatic rings. The number of amides is 1. The number of unbranched alkanes of at least 4 members (excludes halogenated alkanes) is 1. The van der Waals surface area contributed by atoms with Gasteiger partial charge in [-0.2, -0.15) is 0 Å². The van der Waals surface area contributed by atoms with Gasteiger partial charge in [-0.3, -0.25) is 9.78 Å². The summed E-state index contributed by atoms with van der Waals surface area (Å²) in [6, 6.07) is 16.7. The van der Waals surface area contributed by atoms with Crippen molar-refractivity contribution in [1.82, 2.24) is 9.88 Å². The molecule has 1 aromatic heterocycles. The summed E-state index contributed by atoms with van der Waals surface area (Å²) in [6.07, 6.45) is 5.60. The monoisotopic (exact) mass is 680 g/mol. The number of aryl methyl sites for hydroxylation is 1. The van der Waals surface area contributed by atoms with Crippen molar-refractivity contribution in [2.45, 2.75) is 107 Å². The first-order valence-corrected chi connectivity index (χ1v) is 17.5. The maximum absolute atomic E-state index is 12.5. The lowest BCUT2D eigenvalue weighted by atomic mass is 9.84. The molecule has 9 nitrogen and oxygen atoms in total. The van der Waals surface area contributed by atoms with Gasteiger partial charge in [0, 0.05) is 36.6 Å². The highest BCUT2D eigenvalue weighted by atomic mass is 35.5. The second kappa shape index (κ2) is 16.1. The van der Waals surface area contributed by atoms with E-state index in [4.69, 9.17) is 21.4 Å². The molecule has 48 heavy (non-hydrogen) atoms. The number of aliphatic hydroxyl groups excluding tert-OH is 5. The fraction of sp³-hybridized carbons (Fsp3) is 0.526. The summed E-state index contributed by atoms with van der Waals surface area (Å²) in [5.41, 5.74) is 6.02. The molecule has 5 N–H and O–H groups in total. The van der Waals surface area contributed by atoms with E-state index in [9.17, 15) is 25.2 Å². The highest BCUT2D eigenvalue weighted by Crippen LogP contribution is 2.55. The van der Waals surface area contributed by atoms with Crippen molar-refractivity contribution in [2.24, 2.45) is 0 Å². The molecule has 0 spiro atoms. The lowest BCUT2D eigenvalue weighted by Crippen LogP contribution is -2.52. The second-order valence-electron chi connectivity index (χ2n) is 13.7. The van der Waals surface area contributed by atoms with Gasteiger partial charge in [0.05, 0.1) is 12.7 Å². The van der Waals surface area contributed by atoms with Crippen molar-refractivity contribution in [1.29, 1.82) is 0 Å². The average molecular weight is 681 g/mol. The van der Waals surface area contributed by atoms with Crippen LogP contribution in [-0.2, 0) is 16.6 Å². The predicted molar refractivity (Wildman–Crippen MR) is 185 cm³/mol. The lowest BCUT2D eigenvalue weighted by Gasteiger charge is -2.28. The van der Waals surface area contributed by atoms with Crippen LogP contribution in [0.25, 0.3) is 11.1 Å². The molecular formula is C38H49ClN2O7. The van der Waals surface area contributed by atoms with Crippen LogP contribution in [0, 0.1) is 0 Å². The Bertz CT molecular complexity index is 1530. The van der Waals surface area contributed by atoms with E-state index >= 15 is 0 Å². The zero-order valence-electron chi connectivity index (χ0n) is 27.8. The topological polar surface area (TPSA) is 144 Å². The Morgan fingerprint density at radius 1 is 1.04 bits per heavy atom. The number of pyridine rings is 1. The first kappa shape index (κ1) is 36.2. The Hall–Kier alpha value is -3.05. The fourth-order valence-corrected chi connectivity index (χ4v) is 6.66. The summed E-state index contributed by atoms with van der Waals surface area (Å²) in [4.78, 5) is 18.4. The smallest absolute Gasteiger partial charge is 0.253 e. The predicted octanol–water partition coefficient (Wildman–Crippen LogP) is 4.78. The number of nitrogens with zero attached hydrogens (tertiary/aromatic N) is 2. The van der Waals surface area contributed by atoms with E-state index in [0.717, 1.165) is 73.3 Å². The number of halogens is 1. The zero-order chi connectivity index (χ0) is 34.4. The summed E-state index contributed by atoms with van der Waals surface area (Å²) in [6.45, 7) is 1.73. The molecule has 2 aliphatic carbocycles. The van der Waals surface area contributed by atoms with Crippen molar-refractivity contribution in [2.75, 3.05) is 20.2 Å². The van der Waals surface area contributed by atoms with Crippen LogP contribution in [0.1, 0.15) is 80.9 Å². The normalized spacial score (nSPS) is 18.4. The van der Waals surface area contributed by atoms with Gasteiger partial charge in [-0.1, -0.05) is 55.3 Å². The minimum Gasteiger partial charge on any atom is -0.490 e. The van der Waals surface area contributed by atoms with Crippen molar-refractivity contribution in [3.8, 4) is 16.9 Å². The van der Waals surface area contributed by atoms with E-state index in [1.165, 1.54) is 28.6 Å². The lowest BCUT2D eigenvalue weighted by molar-refractivity contribution is -0.157. The van der Waals surface area contributed by atoms with E-state index in [1.807, 2.05) is 24.5 Å². The quantitative estimate of drug-likeness (QED) is 0.121. The fourth-order valence-electron chi connectivity index (χ4n) is 6.45. The molecule has 5 atom stereocenters. The van der Waals surface area contributed by atoms with E-state index in [-0.39, 0.29) is 11.3 Å². The maximum Gasteiger partial charge on any atom is 0.253 e. The van der Waals surface area contributed by atoms with E-state index in [1.54, 1.807) is 0 Å². The molecule has 2 aromatic carbocycles. The number of benzene rings is 2. The van der Waals surface area contributed by atoms with Crippen molar-refractivity contribution < 1.29 is 35.1 Å². The number of aromatic nitrogens is 1. The first-order chi connectivity index (χ1) is 23.0. The molecule has 5 rings (SSSR count). The Balaban J connectivity index is 1.16. The van der Waals surface area contributed by atoms with Gasteiger partial charge in [-0.25, -0.2) is 0 Å². The molecule has 3 aromatic rings. The Kier molecular flexibility index (Phi) is 12.2. The number of hydrogen-bond donors (Lipinski definition) is 5. The van der Waals surface area contributed by atoms with Gasteiger partial charge < -0.3 is 35.2 Å². The molecule has 0 radical (unpaired) electrons. The van der Waals surface area contributed by atoms with Gasteiger partial charge in [-0.05, 0) is 103 Å². The third kappa shape index (κ3) is 8.75. The maximum atomic E-state index is 12.5. The zero-order valence-corrected chi connectivity index (χ0v) is 28.6. The van der Waals surface area contributed by atoms with Crippen LogP contribution < -0.4 is 4.74 Å². The highest BCUT2D eigenvalue weighted by molar-refractivity contribution is 6.31. The van der Waals surface area contributed by atoms with Gasteiger partial charge in [0.15, 0.2) is 6.10 Å². The van der Waals surface area contributed by atoms with Crippen LogP contribution in [0.15, 0.2) is 60.9 Å². The van der Waals surface area contributed by atoms with Gasteiger partial charge in [-0.15, -0.1) is 0 Å². The van der Waals surface area contributed by atoms with Crippen LogP contribution >= 0.6 is 11.6 Å². The largest absolute Gasteiger partial charge is 0.490 e. The molecule has 0 bridgehead atoms. The number of para-hydroxylation sites is 1. The van der Waals surface area contributed by atoms with Crippen molar-refractivity contribution in [3.63, 3.8) is 0 Å². The number of carbonyl (C=O) groups is 1. The molecule has 0 aliphatic heterocycles. The summed E-state index contributed by atoms with van der Waals surface area (Å²) >= 11 is 6.74. The number of likely N-dealkylation sites (N-methyl/N-ethyl adjacent to an activating group) is 1. The molecule has 10 heteroatoms. The first-order valence-electron chi connectivity index (χ1n) is 17.1. The number of carbonyl (C=O) groups excluding carboxylic acids is 1. The molecule has 260 valence electrons. The van der Waals surface area contributed by atoms with Gasteiger partial charge in [0.25, 0.3) is 5.91 Å². The van der Waals surface area contributed by atoms with Gasteiger partial charge in [0.2, 0.25) is 0 Å². The van der Waals surface area contributed by atoms with Crippen LogP contribution in [0.3, 0.4) is 0 Å². The number of hydrogen-bond acceptors (Lipinski definition) is 8. The van der Waals surface area contributed by atoms with Crippen molar-refractivity contribution in [3.05, 3.63) is 82.6 Å². The second-order valence-corrected chi connectivity index (χ2v) is 14.1. The molecule has 1 heterocycles. The standard InChI is InChI=1S/C38H49ClN2O7/c1-24(7-5-6-20-41(2)37(47)36(46)35(45)34(44)32(43)23-42)25-10-13-31(39)26(21-25)14-16-38(17-18-38)30-22-40-19-15-28(30)29-8-3-4-9-33(29)48-27-11-12-27/h3-4,8-10,13,15,19,21-22,24,27,32,34-36,42-46H,5-7,11-12,14,16-18,20,23H2,1-2H3/t24?,32-,34+,35-,36-/m0/s1. The minimum absolute atomic E-state index is 0.0606. The highest BCUT2D eigenvalue weighted by Gasteiger charge is 2.45. The van der Waals surface area contributed by atoms with E-state index in [0.29, 0.717) is 19.1 Å². The van der Waals surface area contributed by atoms with E-state index in [2.05, 4.69) is 48.3 Å². The summed E-state index contributed by atoms with van der Waals surface area (Å²) in [5.74, 6) is 0.453. The molecule has 2 saturated carbocycles. The SMILES string of the molecule is CC(CCCCN(C)C(=O)[C@@H](O)[C@@H](O)[C@H](O)[C@@H](O)CO)c1ccc(Cl)c(CCC2(c3cnccc3-c3ccccc3OC3CC3)CC2)c1. The number of ether oxygens (including phenoxy) is 1. The molecule has 0 saturated heterocycles. The van der Waals surface area contributed by atoms with Crippen LogP contribution in [-0.4, -0.2) is 92.0 Å². The van der Waals surface area contributed by atoms with E-state index < -0.39 is 36.9 Å². The van der Waals surface area contributed by atoms with Crippen LogP contribution in [0.2, 0.25) is 5.02 Å². The van der Waals surface area contributed by atoms with Crippen molar-refractivity contribution >= 4 is 17.5 Å².